The molecule has 0 saturated heterocycles. The minimum atomic E-state index is -0.539. The summed E-state index contributed by atoms with van der Waals surface area (Å²) in [5.74, 6) is 0.117. The lowest BCUT2D eigenvalue weighted by Gasteiger charge is -2.21. The number of rotatable bonds is 7. The van der Waals surface area contributed by atoms with Crippen LogP contribution in [0, 0.1) is 10.1 Å². The Balaban J connectivity index is 3.19. The van der Waals surface area contributed by atoms with E-state index in [1.54, 1.807) is 4.90 Å². The second-order valence-electron chi connectivity index (χ2n) is 4.43. The van der Waals surface area contributed by atoms with Crippen LogP contribution in [-0.4, -0.2) is 35.9 Å². The summed E-state index contributed by atoms with van der Waals surface area (Å²) in [7, 11) is 1.46. The van der Waals surface area contributed by atoms with Crippen molar-refractivity contribution in [3.63, 3.8) is 0 Å². The number of carbonyl (C=O) groups is 1. The molecule has 1 amide bonds. The molecular formula is C14H20N2O4. The number of methoxy groups -OCH3 is 1. The van der Waals surface area contributed by atoms with Gasteiger partial charge in [0.15, 0.2) is 0 Å². The molecule has 0 unspecified atom stereocenters. The number of hydrogen-bond acceptors (Lipinski definition) is 4. The van der Waals surface area contributed by atoms with Crippen LogP contribution in [-0.2, 0) is 0 Å². The molecule has 6 nitrogen and oxygen atoms in total. The largest absolute Gasteiger partial charge is 0.497 e. The van der Waals surface area contributed by atoms with E-state index >= 15 is 0 Å². The molecule has 0 N–H and O–H groups in total. The molecule has 1 aromatic carbocycles. The van der Waals surface area contributed by atoms with Crippen LogP contribution in [0.4, 0.5) is 5.69 Å². The van der Waals surface area contributed by atoms with Gasteiger partial charge in [-0.15, -0.1) is 0 Å². The quantitative estimate of drug-likeness (QED) is 0.568. The Hall–Kier alpha value is -2.11. The monoisotopic (exact) mass is 280 g/mol. The molecule has 0 atom stereocenters. The maximum absolute atomic E-state index is 12.5. The highest BCUT2D eigenvalue weighted by atomic mass is 16.6. The Morgan fingerprint density at radius 2 is 1.90 bits per heavy atom. The van der Waals surface area contributed by atoms with Crippen LogP contribution in [0.5, 0.6) is 5.75 Å². The number of carbonyl (C=O) groups excluding carboxylic acids is 1. The zero-order chi connectivity index (χ0) is 15.1. The van der Waals surface area contributed by atoms with Crippen molar-refractivity contribution in [2.75, 3.05) is 20.2 Å². The second kappa shape index (κ2) is 7.47. The summed E-state index contributed by atoms with van der Waals surface area (Å²) in [5.41, 5.74) is -0.107. The fourth-order valence-electron chi connectivity index (χ4n) is 2.00. The van der Waals surface area contributed by atoms with Gasteiger partial charge in [-0.2, -0.15) is 0 Å². The molecule has 6 heteroatoms. The fraction of sp³-hybridized carbons (Fsp3) is 0.500. The van der Waals surface area contributed by atoms with Gasteiger partial charge in [0.05, 0.1) is 12.0 Å². The molecule has 110 valence electrons. The van der Waals surface area contributed by atoms with E-state index in [9.17, 15) is 14.9 Å². The molecule has 20 heavy (non-hydrogen) atoms. The lowest BCUT2D eigenvalue weighted by Crippen LogP contribution is -2.32. The minimum Gasteiger partial charge on any atom is -0.497 e. The van der Waals surface area contributed by atoms with Gasteiger partial charge in [-0.1, -0.05) is 13.8 Å². The third-order valence-corrected chi connectivity index (χ3v) is 2.91. The molecule has 0 aliphatic carbocycles. The highest BCUT2D eigenvalue weighted by Gasteiger charge is 2.24. The highest BCUT2D eigenvalue weighted by Crippen LogP contribution is 2.25. The van der Waals surface area contributed by atoms with Crippen LogP contribution in [0.2, 0.25) is 0 Å². The highest BCUT2D eigenvalue weighted by molar-refractivity contribution is 5.98. The van der Waals surface area contributed by atoms with E-state index in [-0.39, 0.29) is 17.2 Å². The number of nitro benzene ring substituents is 1. The minimum absolute atomic E-state index is 0.0799. The number of amides is 1. The van der Waals surface area contributed by atoms with Crippen molar-refractivity contribution >= 4 is 11.6 Å². The smallest absolute Gasteiger partial charge is 0.282 e. The first-order valence-electron chi connectivity index (χ1n) is 6.66. The zero-order valence-electron chi connectivity index (χ0n) is 12.1. The topological polar surface area (TPSA) is 72.7 Å². The first kappa shape index (κ1) is 15.9. The Labute approximate surface area is 118 Å². The number of hydrogen-bond donors (Lipinski definition) is 0. The van der Waals surface area contributed by atoms with Gasteiger partial charge >= 0.3 is 0 Å². The molecule has 0 radical (unpaired) electrons. The average Bonchev–Trinajstić information content (AvgIpc) is 2.45. The number of benzene rings is 1. The molecule has 0 aliphatic rings. The van der Waals surface area contributed by atoms with Crippen LogP contribution in [0.1, 0.15) is 37.0 Å². The van der Waals surface area contributed by atoms with E-state index in [0.717, 1.165) is 12.8 Å². The van der Waals surface area contributed by atoms with Crippen molar-refractivity contribution in [2.45, 2.75) is 26.7 Å². The molecule has 0 aromatic heterocycles. The van der Waals surface area contributed by atoms with Gasteiger partial charge in [-0.3, -0.25) is 14.9 Å². The summed E-state index contributed by atoms with van der Waals surface area (Å²) in [4.78, 5) is 24.6. The van der Waals surface area contributed by atoms with Crippen LogP contribution in [0.25, 0.3) is 0 Å². The number of nitrogens with zero attached hydrogens (tertiary/aromatic N) is 2. The Morgan fingerprint density at radius 3 is 2.35 bits per heavy atom. The van der Waals surface area contributed by atoms with Gasteiger partial charge < -0.3 is 9.64 Å². The van der Waals surface area contributed by atoms with E-state index in [0.29, 0.717) is 18.8 Å². The van der Waals surface area contributed by atoms with Gasteiger partial charge in [0, 0.05) is 19.2 Å². The molecule has 1 aromatic rings. The Morgan fingerprint density at radius 1 is 1.30 bits per heavy atom. The Bertz CT molecular complexity index is 482. The lowest BCUT2D eigenvalue weighted by molar-refractivity contribution is -0.385. The summed E-state index contributed by atoms with van der Waals surface area (Å²) < 4.78 is 5.05. The summed E-state index contributed by atoms with van der Waals surface area (Å²) in [6.45, 7) is 5.11. The molecule has 0 heterocycles. The van der Waals surface area contributed by atoms with Crippen molar-refractivity contribution in [1.82, 2.24) is 4.90 Å². The molecule has 0 saturated carbocycles. The van der Waals surface area contributed by atoms with E-state index in [2.05, 4.69) is 0 Å². The van der Waals surface area contributed by atoms with Crippen molar-refractivity contribution in [2.24, 2.45) is 0 Å². The van der Waals surface area contributed by atoms with Gasteiger partial charge in [0.1, 0.15) is 11.3 Å². The maximum atomic E-state index is 12.5. The molecule has 0 spiro atoms. The van der Waals surface area contributed by atoms with Gasteiger partial charge in [-0.25, -0.2) is 0 Å². The van der Waals surface area contributed by atoms with E-state index in [4.69, 9.17) is 4.74 Å². The number of nitro groups is 1. The normalized spacial score (nSPS) is 10.2. The van der Waals surface area contributed by atoms with Crippen molar-refractivity contribution in [3.8, 4) is 5.75 Å². The summed E-state index contributed by atoms with van der Waals surface area (Å²) >= 11 is 0. The summed E-state index contributed by atoms with van der Waals surface area (Å²) in [5, 5.41) is 11.1. The fourth-order valence-corrected chi connectivity index (χ4v) is 2.00. The van der Waals surface area contributed by atoms with Crippen LogP contribution >= 0.6 is 0 Å². The van der Waals surface area contributed by atoms with Crippen molar-refractivity contribution in [3.05, 3.63) is 33.9 Å². The predicted octanol–water partition coefficient (Wildman–Crippen LogP) is 2.87. The van der Waals surface area contributed by atoms with Gasteiger partial charge in [0.2, 0.25) is 0 Å². The third-order valence-electron chi connectivity index (χ3n) is 2.91. The van der Waals surface area contributed by atoms with Crippen molar-refractivity contribution < 1.29 is 14.5 Å². The van der Waals surface area contributed by atoms with Gasteiger partial charge in [-0.05, 0) is 25.0 Å². The molecule has 0 fully saturated rings. The first-order valence-corrected chi connectivity index (χ1v) is 6.66. The summed E-state index contributed by atoms with van der Waals surface area (Å²) in [6.07, 6.45) is 1.62. The standard InChI is InChI=1S/C14H20N2O4/c1-4-8-15(9-5-2)14(17)12-10-11(20-3)6-7-13(12)16(18)19/h6-7,10H,4-5,8-9H2,1-3H3. The maximum Gasteiger partial charge on any atom is 0.282 e. The van der Waals surface area contributed by atoms with Crippen LogP contribution in [0.3, 0.4) is 0 Å². The van der Waals surface area contributed by atoms with E-state index < -0.39 is 4.92 Å². The SMILES string of the molecule is CCCN(CCC)C(=O)c1cc(OC)ccc1[N+](=O)[O-]. The molecule has 0 bridgehead atoms. The predicted molar refractivity (Wildman–Crippen MR) is 76.1 cm³/mol. The summed E-state index contributed by atoms with van der Waals surface area (Å²) in [6, 6.07) is 4.22. The van der Waals surface area contributed by atoms with Crippen LogP contribution in [0.15, 0.2) is 18.2 Å². The van der Waals surface area contributed by atoms with E-state index in [1.165, 1.54) is 25.3 Å². The van der Waals surface area contributed by atoms with Crippen molar-refractivity contribution in [1.29, 1.82) is 0 Å². The third kappa shape index (κ3) is 3.69. The first-order chi connectivity index (χ1) is 9.54. The zero-order valence-corrected chi connectivity index (χ0v) is 12.1. The lowest BCUT2D eigenvalue weighted by atomic mass is 10.1. The average molecular weight is 280 g/mol. The molecular weight excluding hydrogens is 260 g/mol. The van der Waals surface area contributed by atoms with E-state index in [1.807, 2.05) is 13.8 Å². The second-order valence-corrected chi connectivity index (χ2v) is 4.43. The molecule has 1 rings (SSSR count). The number of ether oxygens (including phenoxy) is 1. The molecule has 0 aliphatic heterocycles. The Kier molecular flexibility index (Phi) is 5.96. The van der Waals surface area contributed by atoms with Gasteiger partial charge in [0.25, 0.3) is 11.6 Å². The van der Waals surface area contributed by atoms with Crippen LogP contribution < -0.4 is 4.74 Å².